The molecule has 1 aliphatic heterocycles. The molecule has 1 amide bonds. The topological polar surface area (TPSA) is 84.4 Å². The number of nitrogens with one attached hydrogen (secondary N) is 1. The second-order valence-corrected chi connectivity index (χ2v) is 13.0. The van der Waals surface area contributed by atoms with E-state index in [0.29, 0.717) is 65.6 Å². The summed E-state index contributed by atoms with van der Waals surface area (Å²) in [6, 6.07) is 15.0. The molecule has 0 spiro atoms. The lowest BCUT2D eigenvalue weighted by molar-refractivity contribution is -0.142. The fourth-order valence-corrected chi connectivity index (χ4v) is 7.75. The summed E-state index contributed by atoms with van der Waals surface area (Å²) in [5, 5.41) is 3.62. The van der Waals surface area contributed by atoms with E-state index in [9.17, 15) is 9.59 Å². The Labute approximate surface area is 248 Å². The van der Waals surface area contributed by atoms with Crippen molar-refractivity contribution in [3.8, 4) is 5.75 Å². The monoisotopic (exact) mass is 564 g/mol. The number of ketones is 1. The molecule has 42 heavy (non-hydrogen) atoms. The molecule has 0 radical (unpaired) electrons. The lowest BCUT2D eigenvalue weighted by Crippen LogP contribution is -2.57. The molecule has 4 aliphatic rings. The Balaban J connectivity index is 1.38. The number of allylic oxidation sites excluding steroid dienone is 1. The summed E-state index contributed by atoms with van der Waals surface area (Å²) in [6.07, 6.45) is 12.0. The van der Waals surface area contributed by atoms with Gasteiger partial charge in [0, 0.05) is 55.8 Å². The van der Waals surface area contributed by atoms with Crippen LogP contribution in [-0.4, -0.2) is 45.8 Å². The zero-order valence-electron chi connectivity index (χ0n) is 24.9. The van der Waals surface area contributed by atoms with Crippen LogP contribution >= 0.6 is 0 Å². The van der Waals surface area contributed by atoms with Gasteiger partial charge in [0.1, 0.15) is 17.1 Å². The molecule has 4 unspecified atom stereocenters. The number of ether oxygens (including phenoxy) is 1. The van der Waals surface area contributed by atoms with Gasteiger partial charge in [-0.15, -0.1) is 0 Å². The van der Waals surface area contributed by atoms with Crippen molar-refractivity contribution in [1.82, 2.24) is 20.2 Å². The molecule has 7 nitrogen and oxygen atoms in total. The minimum atomic E-state index is -0.955. The van der Waals surface area contributed by atoms with E-state index in [4.69, 9.17) is 4.74 Å². The Morgan fingerprint density at radius 2 is 1.67 bits per heavy atom. The highest BCUT2D eigenvalue weighted by Crippen LogP contribution is 2.63. The number of hydrogen-bond acceptors (Lipinski definition) is 6. The third kappa shape index (κ3) is 5.10. The molecule has 3 aromatic rings. The largest absolute Gasteiger partial charge is 0.497 e. The third-order valence-corrected chi connectivity index (χ3v) is 10.4. The average molecular weight is 565 g/mol. The van der Waals surface area contributed by atoms with Gasteiger partial charge >= 0.3 is 0 Å². The molecule has 1 aromatic carbocycles. The molecular formula is C35H40N4O3. The van der Waals surface area contributed by atoms with Crippen molar-refractivity contribution in [2.75, 3.05) is 13.7 Å². The number of fused-ring (bicyclic) bond motifs is 2. The highest BCUT2D eigenvalue weighted by molar-refractivity contribution is 6.06. The maximum Gasteiger partial charge on any atom is 0.254 e. The van der Waals surface area contributed by atoms with Crippen molar-refractivity contribution in [2.45, 2.75) is 52.0 Å². The standard InChI is InChI=1S/C35H40N4O3/c1-23-27(16-28-18-30(23)34(28,2)3)22-39-32(19-31(40)26-6-5-7-29(17-26)42-4)38-35(33(39)41,20-24-8-12-36-13-9-24)21-25-10-14-37-15-11-25/h5-15,17,19,23,27-28,30,38H,16,18,20-22H2,1-4H3. The van der Waals surface area contributed by atoms with Crippen LogP contribution in [0.2, 0.25) is 0 Å². The Kier molecular flexibility index (Phi) is 7.37. The molecule has 218 valence electrons. The number of benzene rings is 1. The number of methoxy groups -OCH3 is 1. The fourth-order valence-electron chi connectivity index (χ4n) is 7.75. The van der Waals surface area contributed by atoms with E-state index < -0.39 is 5.54 Å². The number of carbonyl (C=O) groups is 2. The van der Waals surface area contributed by atoms with Crippen LogP contribution in [0.25, 0.3) is 0 Å². The zero-order valence-corrected chi connectivity index (χ0v) is 24.9. The lowest BCUT2D eigenvalue weighted by atomic mass is 9.43. The van der Waals surface area contributed by atoms with Crippen molar-refractivity contribution in [3.05, 3.63) is 102 Å². The summed E-state index contributed by atoms with van der Waals surface area (Å²) in [5.74, 6) is 3.25. The molecule has 7 heteroatoms. The van der Waals surface area contributed by atoms with Gasteiger partial charge < -0.3 is 10.1 Å². The molecule has 2 aromatic heterocycles. The maximum atomic E-state index is 14.7. The van der Waals surface area contributed by atoms with Crippen LogP contribution in [-0.2, 0) is 17.6 Å². The average Bonchev–Trinajstić information content (AvgIpc) is 3.23. The van der Waals surface area contributed by atoms with Crippen LogP contribution in [0.15, 0.2) is 85.2 Å². The first-order chi connectivity index (χ1) is 20.2. The van der Waals surface area contributed by atoms with E-state index in [-0.39, 0.29) is 11.7 Å². The smallest absolute Gasteiger partial charge is 0.254 e. The molecule has 7 rings (SSSR count). The highest BCUT2D eigenvalue weighted by Gasteiger charge is 2.57. The van der Waals surface area contributed by atoms with Crippen LogP contribution in [0.4, 0.5) is 0 Å². The van der Waals surface area contributed by atoms with Crippen molar-refractivity contribution >= 4 is 11.7 Å². The Morgan fingerprint density at radius 1 is 1.02 bits per heavy atom. The summed E-state index contributed by atoms with van der Waals surface area (Å²) in [6.45, 7) is 7.75. The molecule has 3 heterocycles. The molecule has 1 N–H and O–H groups in total. The van der Waals surface area contributed by atoms with Crippen LogP contribution in [0.1, 0.15) is 55.1 Å². The summed E-state index contributed by atoms with van der Waals surface area (Å²) in [5.41, 5.74) is 1.94. The van der Waals surface area contributed by atoms with Gasteiger partial charge in [-0.1, -0.05) is 32.9 Å². The van der Waals surface area contributed by atoms with Gasteiger partial charge in [0.15, 0.2) is 5.78 Å². The van der Waals surface area contributed by atoms with E-state index in [0.717, 1.165) is 17.5 Å². The molecule has 1 saturated heterocycles. The number of amides is 1. The van der Waals surface area contributed by atoms with Crippen LogP contribution < -0.4 is 10.1 Å². The van der Waals surface area contributed by atoms with Gasteiger partial charge in [-0.3, -0.25) is 24.5 Å². The van der Waals surface area contributed by atoms with E-state index >= 15 is 0 Å². The second-order valence-electron chi connectivity index (χ2n) is 13.0. The summed E-state index contributed by atoms with van der Waals surface area (Å²) in [4.78, 5) is 38.6. The van der Waals surface area contributed by atoms with Gasteiger partial charge in [0.25, 0.3) is 5.91 Å². The predicted octanol–water partition coefficient (Wildman–Crippen LogP) is 5.48. The Hall–Kier alpha value is -4.00. The quantitative estimate of drug-likeness (QED) is 0.274. The van der Waals surface area contributed by atoms with Crippen LogP contribution in [0.5, 0.6) is 5.75 Å². The van der Waals surface area contributed by atoms with Gasteiger partial charge in [-0.25, -0.2) is 0 Å². The first-order valence-corrected chi connectivity index (χ1v) is 15.0. The number of aromatic nitrogens is 2. The van der Waals surface area contributed by atoms with Gasteiger partial charge in [-0.05, 0) is 89.5 Å². The number of rotatable bonds is 9. The van der Waals surface area contributed by atoms with Gasteiger partial charge in [0.05, 0.1) is 7.11 Å². The van der Waals surface area contributed by atoms with E-state index in [1.807, 2.05) is 41.3 Å². The van der Waals surface area contributed by atoms with Crippen molar-refractivity contribution in [2.24, 2.45) is 29.1 Å². The third-order valence-electron chi connectivity index (χ3n) is 10.4. The minimum Gasteiger partial charge on any atom is -0.497 e. The summed E-state index contributed by atoms with van der Waals surface area (Å²) in [7, 11) is 1.59. The van der Waals surface area contributed by atoms with Crippen molar-refractivity contribution in [3.63, 3.8) is 0 Å². The fraction of sp³-hybridized carbons (Fsp3) is 0.429. The Bertz CT molecular complexity index is 1440. The molecule has 3 saturated carbocycles. The summed E-state index contributed by atoms with van der Waals surface area (Å²) >= 11 is 0. The number of hydrogen-bond donors (Lipinski definition) is 1. The molecule has 3 aliphatic carbocycles. The van der Waals surface area contributed by atoms with Crippen molar-refractivity contribution in [1.29, 1.82) is 0 Å². The number of nitrogens with zero attached hydrogens (tertiary/aromatic N) is 3. The predicted molar refractivity (Wildman–Crippen MR) is 162 cm³/mol. The highest BCUT2D eigenvalue weighted by atomic mass is 16.5. The van der Waals surface area contributed by atoms with E-state index in [2.05, 4.69) is 36.1 Å². The van der Waals surface area contributed by atoms with E-state index in [1.54, 1.807) is 50.1 Å². The second kappa shape index (κ2) is 11.0. The summed E-state index contributed by atoms with van der Waals surface area (Å²) < 4.78 is 5.36. The van der Waals surface area contributed by atoms with Crippen molar-refractivity contribution < 1.29 is 14.3 Å². The molecule has 2 bridgehead atoms. The maximum absolute atomic E-state index is 14.7. The molecule has 4 fully saturated rings. The first kappa shape index (κ1) is 28.1. The number of pyridine rings is 2. The van der Waals surface area contributed by atoms with Crippen LogP contribution in [0.3, 0.4) is 0 Å². The first-order valence-electron chi connectivity index (χ1n) is 15.0. The lowest BCUT2D eigenvalue weighted by Gasteiger charge is -2.62. The van der Waals surface area contributed by atoms with Crippen LogP contribution in [0, 0.1) is 29.1 Å². The van der Waals surface area contributed by atoms with Gasteiger partial charge in [0.2, 0.25) is 0 Å². The van der Waals surface area contributed by atoms with Gasteiger partial charge in [-0.2, -0.15) is 0 Å². The normalized spacial score (nSPS) is 26.4. The Morgan fingerprint density at radius 3 is 2.24 bits per heavy atom. The SMILES string of the molecule is COc1cccc(C(=O)C=C2NC(Cc3ccncc3)(Cc3ccncc3)C(=O)N2CC2CC3CC(C2C)C3(C)C)c1. The zero-order chi connectivity index (χ0) is 29.5. The number of carbonyl (C=O) groups excluding carboxylic acids is 2. The molecule has 4 atom stereocenters. The molecular weight excluding hydrogens is 524 g/mol. The van der Waals surface area contributed by atoms with E-state index in [1.165, 1.54) is 6.42 Å². The minimum absolute atomic E-state index is 0.00604.